The molecule has 0 bridgehead atoms. The number of halogens is 1. The number of anilines is 3. The number of aromatic nitrogens is 2. The molecule has 0 spiro atoms. The van der Waals surface area contributed by atoms with Gasteiger partial charge in [0, 0.05) is 55.6 Å². The highest BCUT2D eigenvalue weighted by Crippen LogP contribution is 2.34. The first kappa shape index (κ1) is 23.6. The van der Waals surface area contributed by atoms with Crippen LogP contribution >= 0.6 is 0 Å². The summed E-state index contributed by atoms with van der Waals surface area (Å²) >= 11 is 0. The first-order chi connectivity index (χ1) is 16.1. The number of aliphatic hydroxyl groups is 1. The van der Waals surface area contributed by atoms with Gasteiger partial charge in [0.1, 0.15) is 23.5 Å². The number of hydrogen-bond donors (Lipinski definition) is 3. The highest BCUT2D eigenvalue weighted by molar-refractivity contribution is 7.90. The fraction of sp³-hybridized carbons (Fsp3) is 0.261. The minimum absolute atomic E-state index is 0.0463. The predicted octanol–water partition coefficient (Wildman–Crippen LogP) is 3.29. The molecule has 0 radical (unpaired) electrons. The van der Waals surface area contributed by atoms with Crippen molar-refractivity contribution in [2.45, 2.75) is 36.9 Å². The summed E-state index contributed by atoms with van der Waals surface area (Å²) < 4.78 is 43.8. The van der Waals surface area contributed by atoms with Crippen molar-refractivity contribution in [2.24, 2.45) is 0 Å². The highest BCUT2D eigenvalue weighted by Gasteiger charge is 2.29. The number of benzene rings is 1. The maximum Gasteiger partial charge on any atom is 0.222 e. The molecule has 2 heterocycles. The number of pyridine rings is 2. The minimum atomic E-state index is -3.56. The van der Waals surface area contributed by atoms with Crippen LogP contribution in [-0.4, -0.2) is 47.9 Å². The number of amides is 1. The lowest BCUT2D eigenvalue weighted by atomic mass is 9.92. The predicted molar refractivity (Wildman–Crippen MR) is 124 cm³/mol. The van der Waals surface area contributed by atoms with Gasteiger partial charge in [0.15, 0.2) is 9.84 Å². The van der Waals surface area contributed by atoms with Gasteiger partial charge in [-0.15, -0.1) is 0 Å². The zero-order chi connectivity index (χ0) is 24.5. The Hall–Kier alpha value is -3.57. The minimum Gasteiger partial charge on any atom is -0.490 e. The lowest BCUT2D eigenvalue weighted by Gasteiger charge is -2.31. The second-order valence-electron chi connectivity index (χ2n) is 8.11. The van der Waals surface area contributed by atoms with Crippen LogP contribution in [0.1, 0.15) is 19.8 Å². The fourth-order valence-electron chi connectivity index (χ4n) is 3.45. The van der Waals surface area contributed by atoms with Gasteiger partial charge in [-0.25, -0.2) is 17.8 Å². The normalized spacial score (nSPS) is 17.5. The molecule has 0 aliphatic heterocycles. The van der Waals surface area contributed by atoms with E-state index in [1.54, 1.807) is 12.1 Å². The number of hydrogen-bond acceptors (Lipinski definition) is 8. The molecule has 4 rings (SSSR count). The molecule has 1 aliphatic carbocycles. The number of aliphatic hydroxyl groups excluding tert-OH is 1. The number of ether oxygens (including phenoxy) is 1. The van der Waals surface area contributed by atoms with Crippen LogP contribution in [0.25, 0.3) is 11.3 Å². The third kappa shape index (κ3) is 5.67. The molecule has 1 fully saturated rings. The second-order valence-corrected chi connectivity index (χ2v) is 10.1. The van der Waals surface area contributed by atoms with E-state index in [0.29, 0.717) is 41.2 Å². The number of rotatable bonds is 7. The SMILES string of the molecule is CC(=O)Nc1cc(Nc2cc(O[C@H]3C[C@H](O)C3)cc(S(C)(=O)=O)c2)c(-c2ccc(F)cn2)cn1. The van der Waals surface area contributed by atoms with Crippen LogP contribution in [0.15, 0.2) is 53.7 Å². The standard InChI is InChI=1S/C23H23FN4O5S/c1-13(29)27-23-10-22(20(12-26-23)21-4-3-14(24)11-25-21)28-15-5-17(33-18-7-16(30)8-18)9-19(6-15)34(2,31)32/h3-6,9-12,16,18,30H,7-8H2,1-2H3,(H2,26,27,28,29)/t16-,18-. The number of carbonyl (C=O) groups excluding carboxylic acids is 1. The zero-order valence-electron chi connectivity index (χ0n) is 18.4. The molecule has 11 heteroatoms. The summed E-state index contributed by atoms with van der Waals surface area (Å²) in [7, 11) is -3.56. The van der Waals surface area contributed by atoms with Gasteiger partial charge in [0.25, 0.3) is 0 Å². The van der Waals surface area contributed by atoms with E-state index in [1.807, 2.05) is 0 Å². The monoisotopic (exact) mass is 486 g/mol. The third-order valence-electron chi connectivity index (χ3n) is 5.17. The first-order valence-electron chi connectivity index (χ1n) is 10.4. The van der Waals surface area contributed by atoms with Crippen molar-refractivity contribution in [3.63, 3.8) is 0 Å². The average Bonchev–Trinajstić information content (AvgIpc) is 2.72. The molecule has 1 aromatic carbocycles. The van der Waals surface area contributed by atoms with Crippen LogP contribution in [0.3, 0.4) is 0 Å². The fourth-order valence-corrected chi connectivity index (χ4v) is 4.13. The number of nitrogens with zero attached hydrogens (tertiary/aromatic N) is 2. The number of sulfone groups is 1. The Morgan fingerprint density at radius 1 is 1.15 bits per heavy atom. The summed E-state index contributed by atoms with van der Waals surface area (Å²) in [6, 6.07) is 8.84. The summed E-state index contributed by atoms with van der Waals surface area (Å²) in [5.41, 5.74) is 1.78. The molecule has 0 unspecified atom stereocenters. The van der Waals surface area contributed by atoms with Crippen molar-refractivity contribution in [3.05, 3.63) is 54.6 Å². The zero-order valence-corrected chi connectivity index (χ0v) is 19.3. The molecule has 0 saturated heterocycles. The Balaban J connectivity index is 1.74. The van der Waals surface area contributed by atoms with Crippen molar-refractivity contribution in [1.82, 2.24) is 9.97 Å². The van der Waals surface area contributed by atoms with Gasteiger partial charge in [-0.2, -0.15) is 0 Å². The van der Waals surface area contributed by atoms with Crippen LogP contribution in [0, 0.1) is 5.82 Å². The Morgan fingerprint density at radius 3 is 2.53 bits per heavy atom. The highest BCUT2D eigenvalue weighted by atomic mass is 32.2. The van der Waals surface area contributed by atoms with Crippen molar-refractivity contribution >= 4 is 32.9 Å². The molecule has 178 valence electrons. The van der Waals surface area contributed by atoms with Crippen molar-refractivity contribution in [2.75, 3.05) is 16.9 Å². The largest absolute Gasteiger partial charge is 0.490 e. The van der Waals surface area contributed by atoms with Crippen molar-refractivity contribution in [1.29, 1.82) is 0 Å². The average molecular weight is 487 g/mol. The molecule has 9 nitrogen and oxygen atoms in total. The lowest BCUT2D eigenvalue weighted by Crippen LogP contribution is -2.37. The van der Waals surface area contributed by atoms with Crippen LogP contribution in [0.5, 0.6) is 5.75 Å². The Morgan fingerprint density at radius 2 is 1.91 bits per heavy atom. The smallest absolute Gasteiger partial charge is 0.222 e. The van der Waals surface area contributed by atoms with E-state index in [2.05, 4.69) is 20.6 Å². The van der Waals surface area contributed by atoms with Crippen LogP contribution < -0.4 is 15.4 Å². The maximum atomic E-state index is 13.4. The second kappa shape index (κ2) is 9.35. The topological polar surface area (TPSA) is 131 Å². The molecule has 34 heavy (non-hydrogen) atoms. The summed E-state index contributed by atoms with van der Waals surface area (Å²) in [4.78, 5) is 19.9. The Labute approximate surface area is 195 Å². The third-order valence-corrected chi connectivity index (χ3v) is 6.26. The van der Waals surface area contributed by atoms with E-state index >= 15 is 0 Å². The van der Waals surface area contributed by atoms with Gasteiger partial charge in [-0.3, -0.25) is 9.78 Å². The van der Waals surface area contributed by atoms with Gasteiger partial charge in [0.05, 0.1) is 28.6 Å². The summed E-state index contributed by atoms with van der Waals surface area (Å²) in [5.74, 6) is -0.214. The van der Waals surface area contributed by atoms with Crippen LogP contribution in [0.4, 0.5) is 21.6 Å². The molecule has 1 saturated carbocycles. The number of nitrogens with one attached hydrogen (secondary N) is 2. The van der Waals surface area contributed by atoms with Crippen molar-refractivity contribution < 1.29 is 27.4 Å². The summed E-state index contributed by atoms with van der Waals surface area (Å²) in [6.07, 6.45) is 3.95. The molecule has 3 aromatic rings. The van der Waals surface area contributed by atoms with Gasteiger partial charge in [0.2, 0.25) is 5.91 Å². The van der Waals surface area contributed by atoms with E-state index in [-0.39, 0.29) is 22.7 Å². The van der Waals surface area contributed by atoms with E-state index in [0.717, 1.165) is 12.5 Å². The molecular weight excluding hydrogens is 463 g/mol. The summed E-state index contributed by atoms with van der Waals surface area (Å²) in [5, 5.41) is 15.3. The molecular formula is C23H23FN4O5S. The number of carbonyl (C=O) groups is 1. The quantitative estimate of drug-likeness (QED) is 0.464. The molecule has 1 aliphatic rings. The van der Waals surface area contributed by atoms with Gasteiger partial charge in [-0.1, -0.05) is 0 Å². The van der Waals surface area contributed by atoms with Crippen LogP contribution in [-0.2, 0) is 14.6 Å². The lowest BCUT2D eigenvalue weighted by molar-refractivity contribution is -0.114. The van der Waals surface area contributed by atoms with Crippen molar-refractivity contribution in [3.8, 4) is 17.0 Å². The van der Waals surface area contributed by atoms with Crippen LogP contribution in [0.2, 0.25) is 0 Å². The molecule has 1 amide bonds. The van der Waals surface area contributed by atoms with Gasteiger partial charge >= 0.3 is 0 Å². The van der Waals surface area contributed by atoms with E-state index in [1.165, 1.54) is 37.4 Å². The van der Waals surface area contributed by atoms with Gasteiger partial charge in [-0.05, 0) is 24.3 Å². The first-order valence-corrected chi connectivity index (χ1v) is 12.3. The maximum absolute atomic E-state index is 13.4. The Bertz CT molecular complexity index is 1330. The van der Waals surface area contributed by atoms with E-state index < -0.39 is 21.8 Å². The Kier molecular flexibility index (Phi) is 6.49. The molecule has 3 N–H and O–H groups in total. The van der Waals surface area contributed by atoms with E-state index in [4.69, 9.17) is 4.74 Å². The van der Waals surface area contributed by atoms with Gasteiger partial charge < -0.3 is 20.5 Å². The molecule has 2 aromatic heterocycles. The van der Waals surface area contributed by atoms with E-state index in [9.17, 15) is 22.7 Å². The molecule has 0 atom stereocenters. The summed E-state index contributed by atoms with van der Waals surface area (Å²) in [6.45, 7) is 1.35.